The zero-order valence-corrected chi connectivity index (χ0v) is 10.7. The van der Waals surface area contributed by atoms with Crippen LogP contribution in [-0.2, 0) is 9.53 Å². The predicted octanol–water partition coefficient (Wildman–Crippen LogP) is -0.310. The van der Waals surface area contributed by atoms with Gasteiger partial charge in [-0.15, -0.1) is 0 Å². The first-order valence-electron chi connectivity index (χ1n) is 6.29. The van der Waals surface area contributed by atoms with Crippen molar-refractivity contribution in [2.45, 2.75) is 30.9 Å². The van der Waals surface area contributed by atoms with Crippen LogP contribution in [0.3, 0.4) is 0 Å². The monoisotopic (exact) mass is 242 g/mol. The van der Waals surface area contributed by atoms with E-state index in [1.54, 1.807) is 11.9 Å². The minimum absolute atomic E-state index is 0.134. The number of hydrogen-bond acceptors (Lipinski definition) is 4. The highest BCUT2D eigenvalue weighted by atomic mass is 16.5. The van der Waals surface area contributed by atoms with Gasteiger partial charge in [0, 0.05) is 32.6 Å². The predicted molar refractivity (Wildman–Crippen MR) is 63.7 cm³/mol. The average Bonchev–Trinajstić information content (AvgIpc) is 3.08. The van der Waals surface area contributed by atoms with Crippen LogP contribution in [0.1, 0.15) is 19.3 Å². The van der Waals surface area contributed by atoms with Crippen molar-refractivity contribution < 1.29 is 14.6 Å². The number of rotatable bonds is 5. The molecule has 0 spiro atoms. The van der Waals surface area contributed by atoms with Crippen molar-refractivity contribution in [3.63, 3.8) is 0 Å². The van der Waals surface area contributed by atoms with Crippen LogP contribution in [0.15, 0.2) is 0 Å². The van der Waals surface area contributed by atoms with Crippen molar-refractivity contribution >= 4 is 5.91 Å². The lowest BCUT2D eigenvalue weighted by Gasteiger charge is -2.28. The van der Waals surface area contributed by atoms with Crippen LogP contribution in [0.4, 0.5) is 0 Å². The summed E-state index contributed by atoms with van der Waals surface area (Å²) in [5, 5.41) is 10.1. The smallest absolute Gasteiger partial charge is 0.256 e. The van der Waals surface area contributed by atoms with E-state index in [2.05, 4.69) is 11.9 Å². The van der Waals surface area contributed by atoms with E-state index < -0.39 is 5.60 Å². The Hall–Kier alpha value is -0.650. The molecule has 1 saturated carbocycles. The highest BCUT2D eigenvalue weighted by Gasteiger charge is 2.41. The summed E-state index contributed by atoms with van der Waals surface area (Å²) in [6.45, 7) is 2.13. The van der Waals surface area contributed by atoms with Crippen molar-refractivity contribution in [2.75, 3.05) is 40.4 Å². The molecule has 2 fully saturated rings. The van der Waals surface area contributed by atoms with E-state index in [1.165, 1.54) is 12.8 Å². The Morgan fingerprint density at radius 2 is 2.12 bits per heavy atom. The highest BCUT2D eigenvalue weighted by Crippen LogP contribution is 2.25. The van der Waals surface area contributed by atoms with Crippen LogP contribution in [0.25, 0.3) is 0 Å². The van der Waals surface area contributed by atoms with E-state index in [-0.39, 0.29) is 12.5 Å². The number of carbonyl (C=O) groups excluding carboxylic acids is 1. The van der Waals surface area contributed by atoms with E-state index >= 15 is 0 Å². The summed E-state index contributed by atoms with van der Waals surface area (Å²) in [4.78, 5) is 15.9. The zero-order chi connectivity index (χ0) is 12.5. The SMILES string of the molecule is CN(CCN(C)C1CC1)C(=O)[C@]1(O)CCOC1. The van der Waals surface area contributed by atoms with Crippen LogP contribution >= 0.6 is 0 Å². The first-order chi connectivity index (χ1) is 8.03. The standard InChI is InChI=1S/C12H22N2O3/c1-13(10-3-4-10)6-7-14(2)11(15)12(16)5-8-17-9-12/h10,16H,3-9H2,1-2H3/t12-/m0/s1. The maximum Gasteiger partial charge on any atom is 0.256 e. The summed E-state index contributed by atoms with van der Waals surface area (Å²) in [7, 11) is 3.84. The summed E-state index contributed by atoms with van der Waals surface area (Å²) < 4.78 is 5.10. The van der Waals surface area contributed by atoms with Gasteiger partial charge in [-0.05, 0) is 19.9 Å². The van der Waals surface area contributed by atoms with Crippen LogP contribution in [-0.4, -0.2) is 72.9 Å². The molecule has 1 N–H and O–H groups in total. The van der Waals surface area contributed by atoms with E-state index in [4.69, 9.17) is 4.74 Å². The molecule has 0 aromatic rings. The fourth-order valence-electron chi connectivity index (χ4n) is 2.19. The van der Waals surface area contributed by atoms with Gasteiger partial charge in [0.05, 0.1) is 13.2 Å². The molecule has 0 aromatic heterocycles. The molecule has 17 heavy (non-hydrogen) atoms. The number of carbonyl (C=O) groups is 1. The summed E-state index contributed by atoms with van der Waals surface area (Å²) >= 11 is 0. The number of nitrogens with zero attached hydrogens (tertiary/aromatic N) is 2. The summed E-state index contributed by atoms with van der Waals surface area (Å²) in [6.07, 6.45) is 2.95. The van der Waals surface area contributed by atoms with Crippen molar-refractivity contribution in [2.24, 2.45) is 0 Å². The second-order valence-corrected chi connectivity index (χ2v) is 5.27. The van der Waals surface area contributed by atoms with Gasteiger partial charge in [-0.3, -0.25) is 4.79 Å². The molecular formula is C12H22N2O3. The molecule has 1 saturated heterocycles. The first-order valence-corrected chi connectivity index (χ1v) is 6.29. The zero-order valence-electron chi connectivity index (χ0n) is 10.7. The lowest BCUT2D eigenvalue weighted by molar-refractivity contribution is -0.149. The molecular weight excluding hydrogens is 220 g/mol. The van der Waals surface area contributed by atoms with Gasteiger partial charge in [0.25, 0.3) is 5.91 Å². The molecule has 0 unspecified atom stereocenters. The Morgan fingerprint density at radius 1 is 1.41 bits per heavy atom. The van der Waals surface area contributed by atoms with Gasteiger partial charge in [-0.25, -0.2) is 0 Å². The molecule has 0 aromatic carbocycles. The van der Waals surface area contributed by atoms with Gasteiger partial charge in [-0.2, -0.15) is 0 Å². The number of aliphatic hydroxyl groups is 1. The van der Waals surface area contributed by atoms with Crippen LogP contribution in [0.2, 0.25) is 0 Å². The Bertz CT molecular complexity index is 285. The van der Waals surface area contributed by atoms with Crippen molar-refractivity contribution in [1.29, 1.82) is 0 Å². The topological polar surface area (TPSA) is 53.0 Å². The van der Waals surface area contributed by atoms with Gasteiger partial charge in [0.1, 0.15) is 0 Å². The highest BCUT2D eigenvalue weighted by molar-refractivity contribution is 5.85. The van der Waals surface area contributed by atoms with Crippen molar-refractivity contribution in [1.82, 2.24) is 9.80 Å². The summed E-state index contributed by atoms with van der Waals surface area (Å²) in [6, 6.07) is 0.705. The molecule has 1 amide bonds. The van der Waals surface area contributed by atoms with Gasteiger partial charge >= 0.3 is 0 Å². The molecule has 2 aliphatic rings. The third kappa shape index (κ3) is 2.97. The minimum Gasteiger partial charge on any atom is -0.378 e. The number of ether oxygens (including phenoxy) is 1. The lowest BCUT2D eigenvalue weighted by Crippen LogP contribution is -2.49. The Kier molecular flexibility index (Phi) is 3.70. The Labute approximate surface area is 102 Å². The lowest BCUT2D eigenvalue weighted by atomic mass is 10.0. The van der Waals surface area contributed by atoms with E-state index in [0.29, 0.717) is 25.6 Å². The number of amides is 1. The van der Waals surface area contributed by atoms with Crippen molar-refractivity contribution in [3.05, 3.63) is 0 Å². The minimum atomic E-state index is -1.28. The van der Waals surface area contributed by atoms with E-state index in [1.807, 2.05) is 0 Å². The largest absolute Gasteiger partial charge is 0.378 e. The van der Waals surface area contributed by atoms with E-state index in [0.717, 1.165) is 6.54 Å². The van der Waals surface area contributed by atoms with Gasteiger partial charge in [-0.1, -0.05) is 0 Å². The number of likely N-dealkylation sites (N-methyl/N-ethyl adjacent to an activating group) is 2. The van der Waals surface area contributed by atoms with Gasteiger partial charge < -0.3 is 19.6 Å². The maximum atomic E-state index is 12.0. The second-order valence-electron chi connectivity index (χ2n) is 5.27. The van der Waals surface area contributed by atoms with Crippen LogP contribution in [0.5, 0.6) is 0 Å². The summed E-state index contributed by atoms with van der Waals surface area (Å²) in [5.74, 6) is -0.209. The average molecular weight is 242 g/mol. The molecule has 1 aliphatic carbocycles. The first kappa shape index (κ1) is 12.8. The third-order valence-corrected chi connectivity index (χ3v) is 3.70. The van der Waals surface area contributed by atoms with Gasteiger partial charge in [0.15, 0.2) is 5.60 Å². The Balaban J connectivity index is 1.78. The number of hydrogen-bond donors (Lipinski definition) is 1. The quantitative estimate of drug-likeness (QED) is 0.718. The van der Waals surface area contributed by atoms with Gasteiger partial charge in [0.2, 0.25) is 0 Å². The van der Waals surface area contributed by atoms with E-state index in [9.17, 15) is 9.90 Å². The summed E-state index contributed by atoms with van der Waals surface area (Å²) in [5.41, 5.74) is -1.28. The molecule has 98 valence electrons. The fourth-order valence-corrected chi connectivity index (χ4v) is 2.19. The van der Waals surface area contributed by atoms with Crippen molar-refractivity contribution in [3.8, 4) is 0 Å². The normalized spacial score (nSPS) is 28.7. The molecule has 1 aliphatic heterocycles. The molecule has 0 radical (unpaired) electrons. The molecule has 2 rings (SSSR count). The third-order valence-electron chi connectivity index (χ3n) is 3.70. The Morgan fingerprint density at radius 3 is 2.65 bits per heavy atom. The fraction of sp³-hybridized carbons (Fsp3) is 0.917. The molecule has 5 heteroatoms. The molecule has 0 bridgehead atoms. The van der Waals surface area contributed by atoms with Crippen LogP contribution in [0, 0.1) is 0 Å². The molecule has 1 atom stereocenters. The second kappa shape index (κ2) is 4.92. The molecule has 5 nitrogen and oxygen atoms in total. The maximum absolute atomic E-state index is 12.0. The molecule has 1 heterocycles. The van der Waals surface area contributed by atoms with Crippen LogP contribution < -0.4 is 0 Å².